The molecule has 0 unspecified atom stereocenters. The van der Waals surface area contributed by atoms with Gasteiger partial charge in [0, 0.05) is 15.2 Å². The molecule has 3 rings (SSSR count). The van der Waals surface area contributed by atoms with Gasteiger partial charge in [-0.1, -0.05) is 6.42 Å². The third kappa shape index (κ3) is 2.81. The van der Waals surface area contributed by atoms with Gasteiger partial charge in [0.25, 0.3) is 5.91 Å². The number of benzene rings is 1. The van der Waals surface area contributed by atoms with E-state index >= 15 is 0 Å². The maximum absolute atomic E-state index is 12.2. The summed E-state index contributed by atoms with van der Waals surface area (Å²) < 4.78 is 1.16. The second-order valence-electron chi connectivity index (χ2n) is 6.11. The molecule has 1 aromatic carbocycles. The van der Waals surface area contributed by atoms with Gasteiger partial charge in [-0.05, 0) is 90.8 Å². The number of amides is 1. The van der Waals surface area contributed by atoms with Crippen LogP contribution >= 0.6 is 22.6 Å². The van der Waals surface area contributed by atoms with Gasteiger partial charge in [0.05, 0.1) is 0 Å². The molecular formula is C16H20INO. The number of halogens is 1. The van der Waals surface area contributed by atoms with Crippen molar-refractivity contribution in [3.8, 4) is 0 Å². The van der Waals surface area contributed by atoms with Crippen molar-refractivity contribution >= 4 is 28.5 Å². The van der Waals surface area contributed by atoms with Crippen molar-refractivity contribution in [2.75, 3.05) is 0 Å². The molecule has 0 saturated heterocycles. The van der Waals surface area contributed by atoms with E-state index in [1.807, 2.05) is 24.3 Å². The lowest BCUT2D eigenvalue weighted by molar-refractivity contribution is 0.0915. The Bertz CT molecular complexity index is 470. The summed E-state index contributed by atoms with van der Waals surface area (Å²) in [5.74, 6) is 2.57. The van der Waals surface area contributed by atoms with Crippen molar-refractivity contribution in [2.24, 2.45) is 17.8 Å². The van der Waals surface area contributed by atoms with Crippen LogP contribution < -0.4 is 5.32 Å². The van der Waals surface area contributed by atoms with Crippen LogP contribution in [0.15, 0.2) is 24.3 Å². The minimum Gasteiger partial charge on any atom is -0.349 e. The fourth-order valence-electron chi connectivity index (χ4n) is 3.90. The minimum atomic E-state index is 0.0756. The quantitative estimate of drug-likeness (QED) is 0.806. The van der Waals surface area contributed by atoms with E-state index in [0.29, 0.717) is 12.0 Å². The second-order valence-corrected chi connectivity index (χ2v) is 7.35. The van der Waals surface area contributed by atoms with Gasteiger partial charge < -0.3 is 5.32 Å². The van der Waals surface area contributed by atoms with Crippen LogP contribution in [0.4, 0.5) is 0 Å². The van der Waals surface area contributed by atoms with Gasteiger partial charge in [0.2, 0.25) is 0 Å². The molecule has 1 amide bonds. The fraction of sp³-hybridized carbons (Fsp3) is 0.562. The maximum Gasteiger partial charge on any atom is 0.251 e. The molecule has 0 heterocycles. The molecule has 2 aliphatic rings. The Morgan fingerprint density at radius 2 is 2.00 bits per heavy atom. The van der Waals surface area contributed by atoms with Crippen molar-refractivity contribution in [3.05, 3.63) is 33.4 Å². The van der Waals surface area contributed by atoms with Gasteiger partial charge in [-0.25, -0.2) is 0 Å². The number of carbonyl (C=O) groups is 1. The molecular weight excluding hydrogens is 349 g/mol. The van der Waals surface area contributed by atoms with Crippen molar-refractivity contribution in [1.29, 1.82) is 0 Å². The minimum absolute atomic E-state index is 0.0756. The van der Waals surface area contributed by atoms with E-state index in [1.165, 1.54) is 25.7 Å². The molecule has 0 aliphatic heterocycles. The first-order valence-electron chi connectivity index (χ1n) is 7.20. The molecule has 3 heteroatoms. The van der Waals surface area contributed by atoms with E-state index in [0.717, 1.165) is 21.0 Å². The Hall–Kier alpha value is -0.580. The number of carbonyl (C=O) groups excluding carboxylic acids is 1. The van der Waals surface area contributed by atoms with Crippen molar-refractivity contribution < 1.29 is 4.79 Å². The molecule has 2 fully saturated rings. The molecule has 19 heavy (non-hydrogen) atoms. The highest BCUT2D eigenvalue weighted by atomic mass is 127. The van der Waals surface area contributed by atoms with Crippen molar-refractivity contribution in [2.45, 2.75) is 38.6 Å². The smallest absolute Gasteiger partial charge is 0.251 e. The number of nitrogens with one attached hydrogen (secondary N) is 1. The summed E-state index contributed by atoms with van der Waals surface area (Å²) in [6.45, 7) is 2.18. The molecule has 2 aliphatic carbocycles. The lowest BCUT2D eigenvalue weighted by atomic mass is 9.84. The third-order valence-corrected chi connectivity index (χ3v) is 5.62. The van der Waals surface area contributed by atoms with E-state index in [9.17, 15) is 4.79 Å². The first-order chi connectivity index (χ1) is 9.13. The largest absolute Gasteiger partial charge is 0.349 e. The summed E-state index contributed by atoms with van der Waals surface area (Å²) in [5, 5.41) is 3.20. The first kappa shape index (κ1) is 13.4. The number of fused-ring (bicyclic) bond motifs is 2. The zero-order valence-corrected chi connectivity index (χ0v) is 13.4. The third-order valence-electron chi connectivity index (χ3n) is 4.90. The van der Waals surface area contributed by atoms with Gasteiger partial charge >= 0.3 is 0 Å². The van der Waals surface area contributed by atoms with E-state index in [1.54, 1.807) is 0 Å². The van der Waals surface area contributed by atoms with E-state index in [-0.39, 0.29) is 5.91 Å². The molecule has 2 nitrogen and oxygen atoms in total. The predicted molar refractivity (Wildman–Crippen MR) is 85.0 cm³/mol. The van der Waals surface area contributed by atoms with Crippen LogP contribution in [0.1, 0.15) is 43.0 Å². The normalized spacial score (nSPS) is 30.3. The Labute approximate surface area is 128 Å². The second kappa shape index (κ2) is 5.43. The molecule has 0 radical (unpaired) electrons. The van der Waals surface area contributed by atoms with Crippen molar-refractivity contribution in [1.82, 2.24) is 5.32 Å². The highest BCUT2D eigenvalue weighted by molar-refractivity contribution is 14.1. The molecule has 2 bridgehead atoms. The number of hydrogen-bond acceptors (Lipinski definition) is 1. The summed E-state index contributed by atoms with van der Waals surface area (Å²) >= 11 is 2.26. The van der Waals surface area contributed by atoms with Gasteiger partial charge in [0.15, 0.2) is 0 Å². The summed E-state index contributed by atoms with van der Waals surface area (Å²) in [5.41, 5.74) is 0.774. The van der Waals surface area contributed by atoms with Crippen LogP contribution in [0.2, 0.25) is 0 Å². The monoisotopic (exact) mass is 369 g/mol. The van der Waals surface area contributed by atoms with Crippen LogP contribution in [0.25, 0.3) is 0 Å². The Balaban J connectivity index is 1.61. The number of rotatable bonds is 3. The van der Waals surface area contributed by atoms with Crippen LogP contribution in [0.3, 0.4) is 0 Å². The van der Waals surface area contributed by atoms with E-state index < -0.39 is 0 Å². The summed E-state index contributed by atoms with van der Waals surface area (Å²) in [6, 6.07) is 8.09. The average Bonchev–Trinajstić information content (AvgIpc) is 3.01. The molecule has 2 saturated carbocycles. The highest BCUT2D eigenvalue weighted by Gasteiger charge is 2.42. The number of hydrogen-bond donors (Lipinski definition) is 1. The van der Waals surface area contributed by atoms with Gasteiger partial charge in [-0.2, -0.15) is 0 Å². The molecule has 0 aromatic heterocycles. The van der Waals surface area contributed by atoms with Crippen LogP contribution in [-0.2, 0) is 0 Å². The Morgan fingerprint density at radius 3 is 2.58 bits per heavy atom. The van der Waals surface area contributed by atoms with Gasteiger partial charge in [-0.3, -0.25) is 4.79 Å². The average molecular weight is 369 g/mol. The maximum atomic E-state index is 12.2. The Morgan fingerprint density at radius 1 is 1.26 bits per heavy atom. The van der Waals surface area contributed by atoms with Crippen LogP contribution in [0.5, 0.6) is 0 Å². The zero-order chi connectivity index (χ0) is 13.4. The molecule has 102 valence electrons. The Kier molecular flexibility index (Phi) is 3.83. The summed E-state index contributed by atoms with van der Waals surface area (Å²) in [6.07, 6.45) is 5.51. The van der Waals surface area contributed by atoms with Gasteiger partial charge in [0.1, 0.15) is 0 Å². The molecule has 0 spiro atoms. The lowest BCUT2D eigenvalue weighted by Crippen LogP contribution is -2.40. The highest BCUT2D eigenvalue weighted by Crippen LogP contribution is 2.49. The van der Waals surface area contributed by atoms with E-state index in [2.05, 4.69) is 34.8 Å². The van der Waals surface area contributed by atoms with Crippen LogP contribution in [-0.4, -0.2) is 11.9 Å². The standard InChI is InChI=1S/C16H20INO/c1-10(15-9-11-2-3-13(15)8-11)18-16(19)12-4-6-14(17)7-5-12/h4-7,10-11,13,15H,2-3,8-9H2,1H3,(H,18,19)/t10-,11-,13-,15-/m0/s1. The lowest BCUT2D eigenvalue weighted by Gasteiger charge is -2.28. The molecule has 1 aromatic rings. The predicted octanol–water partition coefficient (Wildman–Crippen LogP) is 3.85. The van der Waals surface area contributed by atoms with E-state index in [4.69, 9.17) is 0 Å². The van der Waals surface area contributed by atoms with Crippen LogP contribution in [0, 0.1) is 21.3 Å². The van der Waals surface area contributed by atoms with Crippen molar-refractivity contribution in [3.63, 3.8) is 0 Å². The molecule has 4 atom stereocenters. The topological polar surface area (TPSA) is 29.1 Å². The molecule has 1 N–H and O–H groups in total. The first-order valence-corrected chi connectivity index (χ1v) is 8.28. The summed E-state index contributed by atoms with van der Waals surface area (Å²) in [4.78, 5) is 12.2. The SMILES string of the molecule is C[C@H](NC(=O)c1ccc(I)cc1)[C@@H]1C[C@H]2CC[C@H]1C2. The summed E-state index contributed by atoms with van der Waals surface area (Å²) in [7, 11) is 0. The fourth-order valence-corrected chi connectivity index (χ4v) is 4.26. The van der Waals surface area contributed by atoms with Gasteiger partial charge in [-0.15, -0.1) is 0 Å². The zero-order valence-electron chi connectivity index (χ0n) is 11.2.